The van der Waals surface area contributed by atoms with Gasteiger partial charge in [0, 0.05) is 22.7 Å². The molecule has 0 amide bonds. The van der Waals surface area contributed by atoms with E-state index in [0.29, 0.717) is 22.6 Å². The maximum Gasteiger partial charge on any atom is 0.153 e. The summed E-state index contributed by atoms with van der Waals surface area (Å²) in [5.41, 5.74) is 2.42. The second kappa shape index (κ2) is 6.39. The molecule has 0 saturated carbocycles. The van der Waals surface area contributed by atoms with Crippen molar-refractivity contribution in [3.63, 3.8) is 0 Å². The first kappa shape index (κ1) is 16.5. The van der Waals surface area contributed by atoms with Crippen LogP contribution in [0, 0.1) is 12.7 Å². The summed E-state index contributed by atoms with van der Waals surface area (Å²) in [4.78, 5) is 4.71. The number of pyridine rings is 1. The highest BCUT2D eigenvalue weighted by atomic mass is 31.0. The van der Waals surface area contributed by atoms with Crippen molar-refractivity contribution in [3.8, 4) is 17.0 Å². The van der Waals surface area contributed by atoms with Crippen molar-refractivity contribution in [2.75, 3.05) is 5.32 Å². The molecule has 0 aliphatic rings. The zero-order chi connectivity index (χ0) is 18.3. The number of aromatic hydroxyl groups is 1. The lowest BCUT2D eigenvalue weighted by Gasteiger charge is -2.12. The van der Waals surface area contributed by atoms with Gasteiger partial charge < -0.3 is 10.4 Å². The number of fused-ring (bicyclic) bond motifs is 1. The first-order chi connectivity index (χ1) is 12.5. The normalized spacial score (nSPS) is 11.0. The van der Waals surface area contributed by atoms with E-state index in [2.05, 4.69) is 24.8 Å². The Morgan fingerprint density at radius 3 is 2.65 bits per heavy atom. The van der Waals surface area contributed by atoms with Gasteiger partial charge in [0.15, 0.2) is 5.82 Å². The molecule has 1 atom stereocenters. The molecule has 0 aliphatic heterocycles. The number of nitrogens with zero attached hydrogens (tertiary/aromatic N) is 2. The summed E-state index contributed by atoms with van der Waals surface area (Å²) in [7, 11) is 2.54. The number of aryl methyl sites for hydroxylation is 1. The summed E-state index contributed by atoms with van der Waals surface area (Å²) in [6, 6.07) is 13.4. The highest BCUT2D eigenvalue weighted by Crippen LogP contribution is 2.32. The standard InChI is InChI=1S/C19H16FN4OP/c1-10-6-18(24-23-10)21-17-8-11-7-13(25)3-5-14(11)19(22-17)15-4-2-12(20)9-16(15)26/h2-9,25H,26H2,1H3,(H2,21,22,23,24). The number of H-pyrrole nitrogens is 1. The zero-order valence-electron chi connectivity index (χ0n) is 13.9. The molecule has 0 fully saturated rings. The number of benzene rings is 2. The molecule has 3 N–H and O–H groups in total. The fraction of sp³-hybridized carbons (Fsp3) is 0.0526. The SMILES string of the molecule is Cc1cc(Nc2cc3cc(O)ccc3c(-c3ccc(F)cc3P)n2)n[nH]1. The lowest BCUT2D eigenvalue weighted by Crippen LogP contribution is -2.02. The van der Waals surface area contributed by atoms with Crippen LogP contribution >= 0.6 is 9.24 Å². The van der Waals surface area contributed by atoms with Crippen LogP contribution in [0.5, 0.6) is 5.75 Å². The van der Waals surface area contributed by atoms with Crippen molar-refractivity contribution in [1.29, 1.82) is 0 Å². The maximum atomic E-state index is 13.5. The molecule has 4 aromatic rings. The van der Waals surface area contributed by atoms with Crippen molar-refractivity contribution < 1.29 is 9.50 Å². The third kappa shape index (κ3) is 3.11. The highest BCUT2D eigenvalue weighted by molar-refractivity contribution is 7.28. The van der Waals surface area contributed by atoms with E-state index in [-0.39, 0.29) is 11.6 Å². The smallest absolute Gasteiger partial charge is 0.153 e. The Kier molecular flexibility index (Phi) is 4.05. The number of nitrogens with one attached hydrogen (secondary N) is 2. The average molecular weight is 366 g/mol. The molecule has 7 heteroatoms. The Bertz CT molecular complexity index is 1130. The van der Waals surface area contributed by atoms with E-state index in [0.717, 1.165) is 22.0 Å². The van der Waals surface area contributed by atoms with Crippen LogP contribution in [0.4, 0.5) is 16.0 Å². The summed E-state index contributed by atoms with van der Waals surface area (Å²) in [5, 5.41) is 22.4. The number of aromatic amines is 1. The molecule has 2 aromatic carbocycles. The lowest BCUT2D eigenvalue weighted by molar-refractivity contribution is 0.476. The number of hydrogen-bond donors (Lipinski definition) is 3. The quantitative estimate of drug-likeness (QED) is 0.479. The van der Waals surface area contributed by atoms with Gasteiger partial charge in [-0.25, -0.2) is 9.37 Å². The van der Waals surface area contributed by atoms with Gasteiger partial charge >= 0.3 is 0 Å². The topological polar surface area (TPSA) is 73.8 Å². The molecule has 0 aliphatic carbocycles. The number of hydrogen-bond acceptors (Lipinski definition) is 4. The van der Waals surface area contributed by atoms with Gasteiger partial charge in [-0.2, -0.15) is 5.10 Å². The second-order valence-corrected chi connectivity index (χ2v) is 6.68. The summed E-state index contributed by atoms with van der Waals surface area (Å²) < 4.78 is 13.5. The fourth-order valence-electron chi connectivity index (χ4n) is 2.88. The predicted octanol–water partition coefficient (Wildman–Crippen LogP) is 4.02. The van der Waals surface area contributed by atoms with Crippen LogP contribution in [0.3, 0.4) is 0 Å². The van der Waals surface area contributed by atoms with Crippen LogP contribution < -0.4 is 10.6 Å². The van der Waals surface area contributed by atoms with E-state index in [9.17, 15) is 9.50 Å². The third-order valence-electron chi connectivity index (χ3n) is 4.05. The van der Waals surface area contributed by atoms with Gasteiger partial charge in [0.25, 0.3) is 0 Å². The van der Waals surface area contributed by atoms with Crippen LogP contribution in [0.2, 0.25) is 0 Å². The minimum absolute atomic E-state index is 0.168. The van der Waals surface area contributed by atoms with Gasteiger partial charge in [-0.15, -0.1) is 9.24 Å². The second-order valence-electron chi connectivity index (χ2n) is 6.05. The van der Waals surface area contributed by atoms with Crippen LogP contribution in [0.25, 0.3) is 22.0 Å². The first-order valence-corrected chi connectivity index (χ1v) is 8.55. The molecule has 130 valence electrons. The number of phenols is 1. The Morgan fingerprint density at radius 2 is 1.92 bits per heavy atom. The largest absolute Gasteiger partial charge is 0.508 e. The Labute approximate surface area is 151 Å². The molecule has 0 saturated heterocycles. The Morgan fingerprint density at radius 1 is 1.08 bits per heavy atom. The van der Waals surface area contributed by atoms with Gasteiger partial charge in [0.2, 0.25) is 0 Å². The van der Waals surface area contributed by atoms with E-state index in [1.807, 2.05) is 25.1 Å². The third-order valence-corrected chi connectivity index (χ3v) is 4.52. The summed E-state index contributed by atoms with van der Waals surface area (Å²) in [5.74, 6) is 1.09. The molecular weight excluding hydrogens is 350 g/mol. The highest BCUT2D eigenvalue weighted by Gasteiger charge is 2.13. The molecule has 5 nitrogen and oxygen atoms in total. The molecule has 1 unspecified atom stereocenters. The molecule has 2 aromatic heterocycles. The number of phenolic OH excluding ortho intramolecular Hbond substituents is 1. The van der Waals surface area contributed by atoms with Gasteiger partial charge in [-0.3, -0.25) is 5.10 Å². The van der Waals surface area contributed by atoms with Crippen LogP contribution in [0.1, 0.15) is 5.69 Å². The van der Waals surface area contributed by atoms with E-state index >= 15 is 0 Å². The maximum absolute atomic E-state index is 13.5. The van der Waals surface area contributed by atoms with Crippen molar-refractivity contribution in [2.45, 2.75) is 6.92 Å². The molecule has 4 rings (SSSR count). The number of rotatable bonds is 3. The molecule has 0 radical (unpaired) electrons. The Balaban J connectivity index is 1.91. The molecule has 0 bridgehead atoms. The molecule has 26 heavy (non-hydrogen) atoms. The molecule has 2 heterocycles. The van der Waals surface area contributed by atoms with Crippen molar-refractivity contribution in [2.24, 2.45) is 0 Å². The van der Waals surface area contributed by atoms with Gasteiger partial charge in [0.05, 0.1) is 5.69 Å². The minimum Gasteiger partial charge on any atom is -0.508 e. The van der Waals surface area contributed by atoms with Crippen molar-refractivity contribution in [1.82, 2.24) is 15.2 Å². The van der Waals surface area contributed by atoms with Crippen LogP contribution in [-0.2, 0) is 0 Å². The van der Waals surface area contributed by atoms with E-state index in [4.69, 9.17) is 4.98 Å². The molecule has 0 spiro atoms. The summed E-state index contributed by atoms with van der Waals surface area (Å²) in [6.07, 6.45) is 0. The van der Waals surface area contributed by atoms with Gasteiger partial charge in [-0.1, -0.05) is 0 Å². The minimum atomic E-state index is -0.304. The fourth-order valence-corrected chi connectivity index (χ4v) is 3.27. The van der Waals surface area contributed by atoms with Gasteiger partial charge in [0.1, 0.15) is 17.4 Å². The molecular formula is C19H16FN4OP. The lowest BCUT2D eigenvalue weighted by atomic mass is 10.0. The number of anilines is 2. The Hall–Kier alpha value is -2.98. The van der Waals surface area contributed by atoms with E-state index in [1.165, 1.54) is 12.1 Å². The monoisotopic (exact) mass is 366 g/mol. The van der Waals surface area contributed by atoms with E-state index < -0.39 is 0 Å². The number of aromatic nitrogens is 3. The van der Waals surface area contributed by atoms with Gasteiger partial charge in [-0.05, 0) is 60.1 Å². The number of halogens is 1. The van der Waals surface area contributed by atoms with Crippen LogP contribution in [0.15, 0.2) is 48.5 Å². The van der Waals surface area contributed by atoms with Crippen molar-refractivity contribution >= 4 is 37.0 Å². The van der Waals surface area contributed by atoms with E-state index in [1.54, 1.807) is 18.2 Å². The summed E-state index contributed by atoms with van der Waals surface area (Å²) in [6.45, 7) is 1.91. The summed E-state index contributed by atoms with van der Waals surface area (Å²) >= 11 is 0. The average Bonchev–Trinajstić information content (AvgIpc) is 2.99. The predicted molar refractivity (Wildman–Crippen MR) is 105 cm³/mol. The first-order valence-electron chi connectivity index (χ1n) is 7.98. The van der Waals surface area contributed by atoms with Crippen LogP contribution in [-0.4, -0.2) is 20.3 Å². The zero-order valence-corrected chi connectivity index (χ0v) is 15.1. The van der Waals surface area contributed by atoms with Crippen molar-refractivity contribution in [3.05, 3.63) is 60.0 Å².